The van der Waals surface area contributed by atoms with Gasteiger partial charge in [0.1, 0.15) is 4.21 Å². The minimum absolute atomic E-state index is 0.337. The summed E-state index contributed by atoms with van der Waals surface area (Å²) in [5.41, 5.74) is 1.61. The van der Waals surface area contributed by atoms with Crippen LogP contribution in [0.4, 0.5) is 5.69 Å². The van der Waals surface area contributed by atoms with Gasteiger partial charge in [-0.05, 0) is 43.8 Å². The van der Waals surface area contributed by atoms with Crippen LogP contribution in [0, 0.1) is 6.92 Å². The highest BCUT2D eigenvalue weighted by atomic mass is 32.2. The molecule has 0 aliphatic rings. The summed E-state index contributed by atoms with van der Waals surface area (Å²) in [6.45, 7) is 2.59. The second-order valence-electron chi connectivity index (χ2n) is 4.20. The van der Waals surface area contributed by atoms with E-state index < -0.39 is 10.0 Å². The van der Waals surface area contributed by atoms with E-state index in [4.69, 9.17) is 0 Å². The summed E-state index contributed by atoms with van der Waals surface area (Å²) < 4.78 is 27.3. The van der Waals surface area contributed by atoms with E-state index in [1.807, 2.05) is 32.2 Å². The van der Waals surface area contributed by atoms with Gasteiger partial charge < -0.3 is 5.32 Å². The summed E-state index contributed by atoms with van der Waals surface area (Å²) in [6.07, 6.45) is 0. The van der Waals surface area contributed by atoms with E-state index in [0.717, 1.165) is 10.4 Å². The van der Waals surface area contributed by atoms with Crippen LogP contribution in [0.1, 0.15) is 10.4 Å². The lowest BCUT2D eigenvalue weighted by molar-refractivity contribution is 0.603. The van der Waals surface area contributed by atoms with Crippen molar-refractivity contribution in [1.29, 1.82) is 0 Å². The average molecular weight is 296 g/mol. The molecule has 0 saturated heterocycles. The smallest absolute Gasteiger partial charge is 0.271 e. The molecule has 0 unspecified atom stereocenters. The molecule has 0 bridgehead atoms. The maximum Gasteiger partial charge on any atom is 0.271 e. The molecule has 4 nitrogen and oxygen atoms in total. The van der Waals surface area contributed by atoms with E-state index in [2.05, 4.69) is 10.0 Å². The number of nitrogens with one attached hydrogen (secondary N) is 2. The first-order valence-corrected chi connectivity index (χ1v) is 8.14. The van der Waals surface area contributed by atoms with E-state index in [9.17, 15) is 8.42 Å². The zero-order chi connectivity index (χ0) is 13.9. The first kappa shape index (κ1) is 14.0. The Hall–Kier alpha value is -1.37. The number of anilines is 1. The predicted molar refractivity (Wildman–Crippen MR) is 79.1 cm³/mol. The van der Waals surface area contributed by atoms with E-state index >= 15 is 0 Å². The van der Waals surface area contributed by atoms with Crippen molar-refractivity contribution in [1.82, 2.24) is 5.32 Å². The molecule has 0 aliphatic heterocycles. The first-order chi connectivity index (χ1) is 9.01. The van der Waals surface area contributed by atoms with Gasteiger partial charge in [-0.2, -0.15) is 0 Å². The van der Waals surface area contributed by atoms with Crippen molar-refractivity contribution in [3.63, 3.8) is 0 Å². The molecule has 1 heterocycles. The van der Waals surface area contributed by atoms with Crippen molar-refractivity contribution >= 4 is 27.0 Å². The number of thiophene rings is 1. The maximum absolute atomic E-state index is 12.2. The fraction of sp³-hybridized carbons (Fsp3) is 0.231. The maximum atomic E-state index is 12.2. The first-order valence-electron chi connectivity index (χ1n) is 5.84. The van der Waals surface area contributed by atoms with E-state index in [1.54, 1.807) is 18.2 Å². The lowest BCUT2D eigenvalue weighted by Crippen LogP contribution is -2.12. The highest BCUT2D eigenvalue weighted by Crippen LogP contribution is 2.23. The Kier molecular flexibility index (Phi) is 4.24. The predicted octanol–water partition coefficient (Wildman–Crippen LogP) is 2.58. The van der Waals surface area contributed by atoms with Crippen LogP contribution in [0.25, 0.3) is 0 Å². The topological polar surface area (TPSA) is 58.2 Å². The van der Waals surface area contributed by atoms with Crippen LogP contribution in [-0.2, 0) is 16.6 Å². The summed E-state index contributed by atoms with van der Waals surface area (Å²) in [7, 11) is -1.62. The second-order valence-corrected chi connectivity index (χ2v) is 7.40. The molecular weight excluding hydrogens is 280 g/mol. The Balaban J connectivity index is 2.23. The molecule has 2 rings (SSSR count). The molecule has 6 heteroatoms. The number of hydrogen-bond donors (Lipinski definition) is 2. The van der Waals surface area contributed by atoms with Gasteiger partial charge in [-0.15, -0.1) is 11.3 Å². The van der Waals surface area contributed by atoms with Crippen LogP contribution in [0.3, 0.4) is 0 Å². The summed E-state index contributed by atoms with van der Waals surface area (Å²) in [5.74, 6) is 0. The van der Waals surface area contributed by atoms with Crippen LogP contribution in [0.15, 0.2) is 40.6 Å². The number of hydrogen-bond acceptors (Lipinski definition) is 4. The van der Waals surface area contributed by atoms with Crippen LogP contribution in [0.5, 0.6) is 0 Å². The molecule has 19 heavy (non-hydrogen) atoms. The number of benzene rings is 1. The van der Waals surface area contributed by atoms with E-state index in [1.165, 1.54) is 11.3 Å². The zero-order valence-electron chi connectivity index (χ0n) is 10.8. The molecular formula is C13H16N2O2S2. The fourth-order valence-electron chi connectivity index (χ4n) is 1.71. The third kappa shape index (κ3) is 3.56. The lowest BCUT2D eigenvalue weighted by Gasteiger charge is -2.08. The molecule has 0 spiro atoms. The molecule has 2 aromatic rings. The van der Waals surface area contributed by atoms with Gasteiger partial charge in [0.05, 0.1) is 0 Å². The number of rotatable bonds is 5. The Morgan fingerprint density at radius 3 is 2.63 bits per heavy atom. The van der Waals surface area contributed by atoms with Crippen molar-refractivity contribution in [2.45, 2.75) is 17.7 Å². The van der Waals surface area contributed by atoms with Gasteiger partial charge >= 0.3 is 0 Å². The molecule has 1 aromatic carbocycles. The van der Waals surface area contributed by atoms with Crippen LogP contribution in [-0.4, -0.2) is 15.5 Å². The SMILES string of the molecule is CNCc1cccc(NS(=O)(=O)c2ccc(C)s2)c1. The van der Waals surface area contributed by atoms with Crippen molar-refractivity contribution < 1.29 is 8.42 Å². The summed E-state index contributed by atoms with van der Waals surface area (Å²) >= 11 is 1.27. The van der Waals surface area contributed by atoms with Crippen LogP contribution >= 0.6 is 11.3 Å². The lowest BCUT2D eigenvalue weighted by atomic mass is 10.2. The number of sulfonamides is 1. The van der Waals surface area contributed by atoms with Gasteiger partial charge in [0.2, 0.25) is 0 Å². The van der Waals surface area contributed by atoms with Gasteiger partial charge in [0.15, 0.2) is 0 Å². The standard InChI is InChI=1S/C13H16N2O2S2/c1-10-6-7-13(18-10)19(16,17)15-12-5-3-4-11(8-12)9-14-2/h3-8,14-15H,9H2,1-2H3. The third-order valence-electron chi connectivity index (χ3n) is 2.54. The van der Waals surface area contributed by atoms with Crippen molar-refractivity contribution in [2.24, 2.45) is 0 Å². The Morgan fingerprint density at radius 2 is 2.00 bits per heavy atom. The molecule has 0 radical (unpaired) electrons. The molecule has 0 amide bonds. The van der Waals surface area contributed by atoms with Gasteiger partial charge in [-0.25, -0.2) is 8.42 Å². The normalized spacial score (nSPS) is 11.5. The highest BCUT2D eigenvalue weighted by Gasteiger charge is 2.16. The minimum atomic E-state index is -3.48. The molecule has 0 fully saturated rings. The monoisotopic (exact) mass is 296 g/mol. The number of aryl methyl sites for hydroxylation is 1. The van der Waals surface area contributed by atoms with E-state index in [-0.39, 0.29) is 0 Å². The Bertz CT molecular complexity index is 663. The van der Waals surface area contributed by atoms with Crippen LogP contribution < -0.4 is 10.0 Å². The zero-order valence-corrected chi connectivity index (χ0v) is 12.4. The molecule has 102 valence electrons. The quantitative estimate of drug-likeness (QED) is 0.891. The van der Waals surface area contributed by atoms with Crippen molar-refractivity contribution in [2.75, 3.05) is 11.8 Å². The highest BCUT2D eigenvalue weighted by molar-refractivity contribution is 7.94. The largest absolute Gasteiger partial charge is 0.316 e. The van der Waals surface area contributed by atoms with E-state index in [0.29, 0.717) is 16.4 Å². The Morgan fingerprint density at radius 1 is 1.21 bits per heavy atom. The minimum Gasteiger partial charge on any atom is -0.316 e. The average Bonchev–Trinajstić information content (AvgIpc) is 2.77. The summed E-state index contributed by atoms with van der Waals surface area (Å²) in [4.78, 5) is 0.976. The van der Waals surface area contributed by atoms with Crippen LogP contribution in [0.2, 0.25) is 0 Å². The summed E-state index contributed by atoms with van der Waals surface area (Å²) in [6, 6.07) is 10.8. The molecule has 0 saturated carbocycles. The Labute approximate surface area is 117 Å². The molecule has 2 N–H and O–H groups in total. The molecule has 0 aliphatic carbocycles. The molecule has 0 atom stereocenters. The van der Waals surface area contributed by atoms with Gasteiger partial charge in [0.25, 0.3) is 10.0 Å². The van der Waals surface area contributed by atoms with Gasteiger partial charge in [-0.3, -0.25) is 4.72 Å². The van der Waals surface area contributed by atoms with Crippen molar-refractivity contribution in [3.05, 3.63) is 46.8 Å². The molecule has 1 aromatic heterocycles. The van der Waals surface area contributed by atoms with Crippen molar-refractivity contribution in [3.8, 4) is 0 Å². The summed E-state index contributed by atoms with van der Waals surface area (Å²) in [5, 5.41) is 3.03. The fourth-order valence-corrected chi connectivity index (χ4v) is 4.04. The second kappa shape index (κ2) is 5.73. The third-order valence-corrected chi connectivity index (χ3v) is 5.41. The van der Waals surface area contributed by atoms with Gasteiger partial charge in [0, 0.05) is 17.1 Å². The van der Waals surface area contributed by atoms with Gasteiger partial charge in [-0.1, -0.05) is 12.1 Å².